The zero-order valence-corrected chi connectivity index (χ0v) is 17.1. The maximum absolute atomic E-state index is 12.4. The van der Waals surface area contributed by atoms with Gasteiger partial charge in [-0.3, -0.25) is 9.69 Å². The average molecular weight is 399 g/mol. The number of carbonyl (C=O) groups excluding carboxylic acids is 1. The van der Waals surface area contributed by atoms with Crippen molar-refractivity contribution in [3.8, 4) is 5.75 Å². The molecule has 0 radical (unpaired) electrons. The van der Waals surface area contributed by atoms with Crippen molar-refractivity contribution < 1.29 is 13.9 Å². The van der Waals surface area contributed by atoms with E-state index < -0.39 is 0 Å². The molecule has 7 nitrogen and oxygen atoms in total. The molecule has 1 aromatic heterocycles. The third-order valence-corrected chi connectivity index (χ3v) is 5.88. The van der Waals surface area contributed by atoms with Crippen LogP contribution in [0, 0.1) is 0 Å². The van der Waals surface area contributed by atoms with Crippen molar-refractivity contribution in [3.63, 3.8) is 0 Å². The molecular formula is C22H30N4O3. The first-order chi connectivity index (χ1) is 14.2. The van der Waals surface area contributed by atoms with E-state index >= 15 is 0 Å². The van der Waals surface area contributed by atoms with Crippen LogP contribution in [0.2, 0.25) is 0 Å². The van der Waals surface area contributed by atoms with E-state index in [-0.39, 0.29) is 11.9 Å². The van der Waals surface area contributed by atoms with Crippen LogP contribution in [0.3, 0.4) is 0 Å². The number of hydrogen-bond donors (Lipinski definition) is 1. The van der Waals surface area contributed by atoms with Crippen molar-refractivity contribution in [2.45, 2.75) is 44.7 Å². The average Bonchev–Trinajstić information content (AvgIpc) is 3.24. The van der Waals surface area contributed by atoms with Crippen molar-refractivity contribution >= 4 is 11.6 Å². The molecule has 0 atom stereocenters. The molecular weight excluding hydrogens is 368 g/mol. The molecule has 2 fully saturated rings. The molecule has 1 aliphatic heterocycles. The lowest BCUT2D eigenvalue weighted by molar-refractivity contribution is 0.0922. The molecule has 7 heteroatoms. The van der Waals surface area contributed by atoms with Gasteiger partial charge in [-0.2, -0.15) is 0 Å². The van der Waals surface area contributed by atoms with Gasteiger partial charge in [-0.25, -0.2) is 4.98 Å². The minimum Gasteiger partial charge on any atom is -0.495 e. The van der Waals surface area contributed by atoms with Gasteiger partial charge in [0.15, 0.2) is 5.69 Å². The Morgan fingerprint density at radius 1 is 1.17 bits per heavy atom. The summed E-state index contributed by atoms with van der Waals surface area (Å²) in [7, 11) is 1.71. The number of aromatic nitrogens is 1. The normalized spacial score (nSPS) is 18.6. The Balaban J connectivity index is 1.28. The van der Waals surface area contributed by atoms with Gasteiger partial charge in [0.2, 0.25) is 5.89 Å². The van der Waals surface area contributed by atoms with Gasteiger partial charge in [0, 0.05) is 32.2 Å². The Hall–Kier alpha value is -2.54. The Bertz CT molecular complexity index is 808. The van der Waals surface area contributed by atoms with Crippen LogP contribution in [0.25, 0.3) is 0 Å². The zero-order chi connectivity index (χ0) is 20.1. The van der Waals surface area contributed by atoms with Gasteiger partial charge in [0.1, 0.15) is 12.0 Å². The summed E-state index contributed by atoms with van der Waals surface area (Å²) in [5.74, 6) is 1.39. The Morgan fingerprint density at radius 2 is 1.93 bits per heavy atom. The van der Waals surface area contributed by atoms with Crippen LogP contribution in [-0.2, 0) is 6.54 Å². The number of methoxy groups -OCH3 is 1. The van der Waals surface area contributed by atoms with Gasteiger partial charge >= 0.3 is 0 Å². The van der Waals surface area contributed by atoms with Gasteiger partial charge in [0.05, 0.1) is 19.3 Å². The molecule has 1 amide bonds. The highest BCUT2D eigenvalue weighted by molar-refractivity contribution is 5.92. The molecule has 1 saturated carbocycles. The number of benzene rings is 1. The lowest BCUT2D eigenvalue weighted by Gasteiger charge is -2.36. The maximum atomic E-state index is 12.4. The SMILES string of the molecule is COc1ccccc1N1CCN(Cc2nc(C(=O)NC3CCCCC3)co2)CC1. The summed E-state index contributed by atoms with van der Waals surface area (Å²) in [6, 6.07) is 8.40. The van der Waals surface area contributed by atoms with Crippen molar-refractivity contribution in [2.24, 2.45) is 0 Å². The van der Waals surface area contributed by atoms with Crippen LogP contribution in [0.5, 0.6) is 5.75 Å². The number of rotatable bonds is 6. The molecule has 1 aromatic carbocycles. The summed E-state index contributed by atoms with van der Waals surface area (Å²) in [6.45, 7) is 4.26. The minimum absolute atomic E-state index is 0.118. The maximum Gasteiger partial charge on any atom is 0.273 e. The lowest BCUT2D eigenvalue weighted by Crippen LogP contribution is -2.46. The van der Waals surface area contributed by atoms with Crippen molar-refractivity contribution in [2.75, 3.05) is 38.2 Å². The zero-order valence-electron chi connectivity index (χ0n) is 17.1. The third-order valence-electron chi connectivity index (χ3n) is 5.88. The third kappa shape index (κ3) is 4.90. The summed E-state index contributed by atoms with van der Waals surface area (Å²) in [4.78, 5) is 21.5. The van der Waals surface area contributed by atoms with E-state index in [1.165, 1.54) is 25.5 Å². The van der Waals surface area contributed by atoms with E-state index in [0.29, 0.717) is 18.1 Å². The van der Waals surface area contributed by atoms with Crippen LogP contribution in [0.15, 0.2) is 34.9 Å². The molecule has 1 aliphatic carbocycles. The van der Waals surface area contributed by atoms with Gasteiger partial charge in [-0.1, -0.05) is 31.4 Å². The molecule has 2 aromatic rings. The van der Waals surface area contributed by atoms with E-state index in [0.717, 1.165) is 50.5 Å². The van der Waals surface area contributed by atoms with E-state index in [1.54, 1.807) is 7.11 Å². The largest absolute Gasteiger partial charge is 0.495 e. The highest BCUT2D eigenvalue weighted by Gasteiger charge is 2.22. The Labute approximate surface area is 172 Å². The van der Waals surface area contributed by atoms with Gasteiger partial charge in [-0.05, 0) is 25.0 Å². The number of nitrogens with zero attached hydrogens (tertiary/aromatic N) is 3. The summed E-state index contributed by atoms with van der Waals surface area (Å²) in [5, 5.41) is 3.09. The summed E-state index contributed by atoms with van der Waals surface area (Å²) in [5.41, 5.74) is 1.52. The second-order valence-electron chi connectivity index (χ2n) is 7.87. The predicted octanol–water partition coefficient (Wildman–Crippen LogP) is 3.07. The fourth-order valence-electron chi connectivity index (χ4n) is 4.22. The number of anilines is 1. The number of para-hydroxylation sites is 2. The quantitative estimate of drug-likeness (QED) is 0.806. The summed E-state index contributed by atoms with van der Waals surface area (Å²) < 4.78 is 11.1. The number of amides is 1. The first-order valence-electron chi connectivity index (χ1n) is 10.6. The molecule has 156 valence electrons. The van der Waals surface area contributed by atoms with E-state index in [4.69, 9.17) is 9.15 Å². The first-order valence-corrected chi connectivity index (χ1v) is 10.6. The van der Waals surface area contributed by atoms with Crippen LogP contribution < -0.4 is 15.0 Å². The molecule has 0 spiro atoms. The number of ether oxygens (including phenoxy) is 1. The Kier molecular flexibility index (Phi) is 6.34. The van der Waals surface area contributed by atoms with Gasteiger partial charge < -0.3 is 19.4 Å². The predicted molar refractivity (Wildman–Crippen MR) is 111 cm³/mol. The molecule has 4 rings (SSSR count). The summed E-state index contributed by atoms with van der Waals surface area (Å²) >= 11 is 0. The highest BCUT2D eigenvalue weighted by atomic mass is 16.5. The number of hydrogen-bond acceptors (Lipinski definition) is 6. The number of oxazole rings is 1. The fraction of sp³-hybridized carbons (Fsp3) is 0.545. The van der Waals surface area contributed by atoms with Crippen LogP contribution in [-0.4, -0.2) is 55.1 Å². The topological polar surface area (TPSA) is 70.8 Å². The summed E-state index contributed by atoms with van der Waals surface area (Å²) in [6.07, 6.45) is 7.26. The van der Waals surface area contributed by atoms with Crippen molar-refractivity contribution in [1.82, 2.24) is 15.2 Å². The standard InChI is InChI=1S/C22H30N4O3/c1-28-20-10-6-5-9-19(20)26-13-11-25(12-14-26)15-21-24-18(16-29-21)22(27)23-17-7-3-2-4-8-17/h5-6,9-10,16-17H,2-4,7-8,11-15H2,1H3,(H,23,27). The second-order valence-corrected chi connectivity index (χ2v) is 7.87. The van der Waals surface area contributed by atoms with Crippen LogP contribution >= 0.6 is 0 Å². The van der Waals surface area contributed by atoms with Crippen molar-refractivity contribution in [3.05, 3.63) is 42.1 Å². The molecule has 0 unspecified atom stereocenters. The molecule has 1 saturated heterocycles. The smallest absolute Gasteiger partial charge is 0.273 e. The number of carbonyl (C=O) groups is 1. The molecule has 2 aliphatic rings. The number of nitrogens with one attached hydrogen (secondary N) is 1. The molecule has 0 bridgehead atoms. The number of piperazine rings is 1. The van der Waals surface area contributed by atoms with E-state index in [2.05, 4.69) is 26.2 Å². The molecule has 2 heterocycles. The monoisotopic (exact) mass is 398 g/mol. The van der Waals surface area contributed by atoms with Gasteiger partial charge in [-0.15, -0.1) is 0 Å². The fourth-order valence-corrected chi connectivity index (χ4v) is 4.22. The van der Waals surface area contributed by atoms with Crippen molar-refractivity contribution in [1.29, 1.82) is 0 Å². The Morgan fingerprint density at radius 3 is 2.69 bits per heavy atom. The van der Waals surface area contributed by atoms with Gasteiger partial charge in [0.25, 0.3) is 5.91 Å². The van der Waals surface area contributed by atoms with Crippen LogP contribution in [0.1, 0.15) is 48.5 Å². The van der Waals surface area contributed by atoms with Crippen LogP contribution in [0.4, 0.5) is 5.69 Å². The van der Waals surface area contributed by atoms with E-state index in [9.17, 15) is 4.79 Å². The first kappa shape index (κ1) is 19.8. The molecule has 29 heavy (non-hydrogen) atoms. The van der Waals surface area contributed by atoms with E-state index in [1.807, 2.05) is 18.2 Å². The second kappa shape index (κ2) is 9.31. The minimum atomic E-state index is -0.118. The highest BCUT2D eigenvalue weighted by Crippen LogP contribution is 2.28. The lowest BCUT2D eigenvalue weighted by atomic mass is 9.95. The molecule has 1 N–H and O–H groups in total.